The Bertz CT molecular complexity index is 175. The molecule has 0 spiro atoms. The first-order chi connectivity index (χ1) is 4.75. The Kier molecular flexibility index (Phi) is 5.26. The second kappa shape index (κ2) is 5.09. The van der Waals surface area contributed by atoms with E-state index in [0.717, 1.165) is 11.3 Å². The van der Waals surface area contributed by atoms with Crippen LogP contribution in [-0.4, -0.2) is 53.0 Å². The molecule has 0 aromatic rings. The molecule has 0 aliphatic carbocycles. The molecule has 2 amide bonds. The van der Waals surface area contributed by atoms with Gasteiger partial charge in [-0.05, 0) is 6.42 Å². The Balaban J connectivity index is 0.000001000. The minimum absolute atomic E-state index is 0. The molecule has 0 saturated carbocycles. The van der Waals surface area contributed by atoms with Crippen molar-refractivity contribution in [3.8, 4) is 0 Å². The molecule has 1 fully saturated rings. The molecule has 1 heterocycles. The van der Waals surface area contributed by atoms with E-state index in [0.29, 0.717) is 13.0 Å². The fourth-order valence-electron chi connectivity index (χ4n) is 0.905. The van der Waals surface area contributed by atoms with Gasteiger partial charge in [-0.2, -0.15) is 0 Å². The van der Waals surface area contributed by atoms with Gasteiger partial charge in [0.25, 0.3) is 0 Å². The Morgan fingerprint density at radius 1 is 1.64 bits per heavy atom. The Hall–Kier alpha value is 0.370. The average molecular weight is 185 g/mol. The number of hydrogen-bond donors (Lipinski definition) is 0. The maximum atomic E-state index is 10.8. The first-order valence-corrected chi connectivity index (χ1v) is 3.44. The first kappa shape index (κ1) is 11.4. The summed E-state index contributed by atoms with van der Waals surface area (Å²) in [6.45, 7) is 0.492. The van der Waals surface area contributed by atoms with Crippen LogP contribution in [0.5, 0.6) is 0 Å². The number of amides is 2. The van der Waals surface area contributed by atoms with Crippen LogP contribution in [0.4, 0.5) is 4.79 Å². The topological polar surface area (TPSA) is 46.6 Å². The first-order valence-electron chi connectivity index (χ1n) is 2.97. The van der Waals surface area contributed by atoms with E-state index >= 15 is 0 Å². The molecule has 0 aromatic heterocycles. The molecule has 0 radical (unpaired) electrons. The van der Waals surface area contributed by atoms with Crippen LogP contribution in [0.1, 0.15) is 12.8 Å². The van der Waals surface area contributed by atoms with Gasteiger partial charge in [0, 0.05) is 13.0 Å². The molecule has 1 aliphatic rings. The van der Waals surface area contributed by atoms with Gasteiger partial charge in [0.15, 0.2) is 0 Å². The second-order valence-electron chi connectivity index (χ2n) is 2.03. The summed E-state index contributed by atoms with van der Waals surface area (Å²) in [4.78, 5) is 22.6. The van der Waals surface area contributed by atoms with Crippen molar-refractivity contribution in [3.63, 3.8) is 0 Å². The fraction of sp³-hybridized carbons (Fsp3) is 0.600. The summed E-state index contributed by atoms with van der Waals surface area (Å²) < 4.78 is 4.29. The zero-order valence-corrected chi connectivity index (χ0v) is 6.53. The third-order valence-electron chi connectivity index (χ3n) is 1.39. The van der Waals surface area contributed by atoms with Crippen molar-refractivity contribution < 1.29 is 14.1 Å². The van der Waals surface area contributed by atoms with Gasteiger partial charge >= 0.3 is 35.7 Å². The van der Waals surface area contributed by atoms with Crippen LogP contribution >= 0.6 is 9.47 Å². The van der Waals surface area contributed by atoms with E-state index in [2.05, 4.69) is 4.52 Å². The van der Waals surface area contributed by atoms with Crippen molar-refractivity contribution in [1.29, 1.82) is 0 Å². The Morgan fingerprint density at radius 3 is 2.64 bits per heavy atom. The van der Waals surface area contributed by atoms with Gasteiger partial charge < -0.3 is 4.52 Å². The molecule has 1 unspecified atom stereocenters. The number of carbonyl (C=O) groups is 2. The molecule has 1 saturated heterocycles. The van der Waals surface area contributed by atoms with E-state index < -0.39 is 6.09 Å². The molecule has 0 bridgehead atoms. The molecule has 1 rings (SSSR count). The van der Waals surface area contributed by atoms with Crippen molar-refractivity contribution in [1.82, 2.24) is 4.90 Å². The summed E-state index contributed by atoms with van der Waals surface area (Å²) >= 11 is 0. The quantitative estimate of drug-likeness (QED) is 0.390. The number of hydrogen-bond acceptors (Lipinski definition) is 3. The molecular formula is C5H9NNaO3P. The number of carbonyl (C=O) groups excluding carboxylic acids is 2. The van der Waals surface area contributed by atoms with Gasteiger partial charge in [0.05, 0.1) is 9.47 Å². The molecule has 0 aromatic carbocycles. The summed E-state index contributed by atoms with van der Waals surface area (Å²) in [7, 11) is 1.82. The maximum absolute atomic E-state index is 10.8. The predicted octanol–water partition coefficient (Wildman–Crippen LogP) is -0.113. The van der Waals surface area contributed by atoms with Gasteiger partial charge in [0.1, 0.15) is 0 Å². The number of likely N-dealkylation sites (tertiary alicyclic amines) is 1. The summed E-state index contributed by atoms with van der Waals surface area (Å²) in [5.41, 5.74) is 0. The van der Waals surface area contributed by atoms with E-state index in [1.54, 1.807) is 0 Å². The Labute approximate surface area is 89.2 Å². The van der Waals surface area contributed by atoms with Crippen LogP contribution in [-0.2, 0) is 9.32 Å². The molecule has 0 N–H and O–H groups in total. The SMILES string of the molecule is O=C1CCCN1C(=O)OP.[NaH]. The molecule has 1 aliphatic heterocycles. The molecule has 6 heteroatoms. The van der Waals surface area contributed by atoms with E-state index in [9.17, 15) is 9.59 Å². The van der Waals surface area contributed by atoms with Crippen LogP contribution in [0, 0.1) is 0 Å². The van der Waals surface area contributed by atoms with Crippen LogP contribution in [0.15, 0.2) is 0 Å². The number of imide groups is 1. The van der Waals surface area contributed by atoms with Gasteiger partial charge in [-0.1, -0.05) is 0 Å². The summed E-state index contributed by atoms with van der Waals surface area (Å²) in [6.07, 6.45) is 0.630. The van der Waals surface area contributed by atoms with Gasteiger partial charge in [-0.15, -0.1) is 0 Å². The molecule has 11 heavy (non-hydrogen) atoms. The third kappa shape index (κ3) is 2.71. The van der Waals surface area contributed by atoms with Crippen molar-refractivity contribution in [2.75, 3.05) is 6.54 Å². The van der Waals surface area contributed by atoms with Gasteiger partial charge in [-0.25, -0.2) is 9.69 Å². The Morgan fingerprint density at radius 2 is 2.27 bits per heavy atom. The van der Waals surface area contributed by atoms with Crippen LogP contribution in [0.2, 0.25) is 0 Å². The van der Waals surface area contributed by atoms with Crippen molar-refractivity contribution >= 4 is 51.0 Å². The van der Waals surface area contributed by atoms with Crippen molar-refractivity contribution in [2.45, 2.75) is 12.8 Å². The van der Waals surface area contributed by atoms with Crippen LogP contribution < -0.4 is 0 Å². The predicted molar refractivity (Wildman–Crippen MR) is 44.3 cm³/mol. The molecule has 1 atom stereocenters. The van der Waals surface area contributed by atoms with Gasteiger partial charge in [0.2, 0.25) is 5.91 Å². The van der Waals surface area contributed by atoms with E-state index in [-0.39, 0.29) is 35.5 Å². The minimum atomic E-state index is -0.576. The van der Waals surface area contributed by atoms with E-state index in [1.807, 2.05) is 9.47 Å². The van der Waals surface area contributed by atoms with Crippen LogP contribution in [0.3, 0.4) is 0 Å². The summed E-state index contributed by atoms with van der Waals surface area (Å²) in [5, 5.41) is 0. The fourth-order valence-corrected chi connectivity index (χ4v) is 1.03. The van der Waals surface area contributed by atoms with Crippen molar-refractivity contribution in [3.05, 3.63) is 0 Å². The van der Waals surface area contributed by atoms with Crippen LogP contribution in [0.25, 0.3) is 0 Å². The average Bonchev–Trinajstić information content (AvgIpc) is 2.34. The van der Waals surface area contributed by atoms with Crippen molar-refractivity contribution in [2.24, 2.45) is 0 Å². The second-order valence-corrected chi connectivity index (χ2v) is 2.27. The number of rotatable bonds is 0. The molecular weight excluding hydrogens is 176 g/mol. The monoisotopic (exact) mass is 185 g/mol. The zero-order chi connectivity index (χ0) is 7.56. The third-order valence-corrected chi connectivity index (χ3v) is 1.60. The summed E-state index contributed by atoms with van der Waals surface area (Å²) in [6, 6.07) is 0. The van der Waals surface area contributed by atoms with E-state index in [4.69, 9.17) is 0 Å². The summed E-state index contributed by atoms with van der Waals surface area (Å²) in [5.74, 6) is -0.146. The molecule has 4 nitrogen and oxygen atoms in total. The molecule has 58 valence electrons. The number of nitrogens with zero attached hydrogens (tertiary/aromatic N) is 1. The zero-order valence-electron chi connectivity index (χ0n) is 5.37. The normalized spacial score (nSPS) is 16.1. The van der Waals surface area contributed by atoms with Gasteiger partial charge in [-0.3, -0.25) is 4.79 Å². The van der Waals surface area contributed by atoms with E-state index in [1.165, 1.54) is 0 Å². The standard InChI is InChI=1S/C5H8NO3P.Na.H/c7-4-2-1-3-6(4)5(8)9-10;;/h1-3,10H2;;.